The molecule has 1 aromatic carbocycles. The van der Waals surface area contributed by atoms with Crippen LogP contribution >= 0.6 is 0 Å². The Morgan fingerprint density at radius 2 is 2.04 bits per heavy atom. The standard InChI is InChI=1S/C15H19N5O3/c1-10(2)20-9-17-19-14(20)11-5-3-4-6-12(11)18-15(23)16-8-7-13(21)22/h3-6,9-10H,7-8H2,1-2H3,(H,21,22)(H2,16,18,23). The lowest BCUT2D eigenvalue weighted by Gasteiger charge is -2.14. The third kappa shape index (κ3) is 4.29. The SMILES string of the molecule is CC(C)n1cnnc1-c1ccccc1NC(=O)NCCC(=O)O. The van der Waals surface area contributed by atoms with Crippen molar-refractivity contribution in [1.82, 2.24) is 20.1 Å². The number of carbonyl (C=O) groups excluding carboxylic acids is 1. The monoisotopic (exact) mass is 317 g/mol. The van der Waals surface area contributed by atoms with E-state index < -0.39 is 12.0 Å². The highest BCUT2D eigenvalue weighted by Crippen LogP contribution is 2.27. The van der Waals surface area contributed by atoms with Crippen LogP contribution in [0.1, 0.15) is 26.3 Å². The molecule has 1 aromatic heterocycles. The van der Waals surface area contributed by atoms with Gasteiger partial charge in [0.15, 0.2) is 5.82 Å². The molecule has 0 unspecified atom stereocenters. The first kappa shape index (κ1) is 16.5. The van der Waals surface area contributed by atoms with Crippen LogP contribution < -0.4 is 10.6 Å². The zero-order chi connectivity index (χ0) is 16.8. The van der Waals surface area contributed by atoms with Crippen LogP contribution in [0.25, 0.3) is 11.4 Å². The second kappa shape index (κ2) is 7.39. The minimum Gasteiger partial charge on any atom is -0.481 e. The van der Waals surface area contributed by atoms with Crippen molar-refractivity contribution in [2.75, 3.05) is 11.9 Å². The average molecular weight is 317 g/mol. The first-order chi connectivity index (χ1) is 11.0. The summed E-state index contributed by atoms with van der Waals surface area (Å²) in [6.07, 6.45) is 1.51. The molecule has 8 nitrogen and oxygen atoms in total. The Hall–Kier alpha value is -2.90. The van der Waals surface area contributed by atoms with Gasteiger partial charge in [0.25, 0.3) is 0 Å². The fourth-order valence-electron chi connectivity index (χ4n) is 2.05. The number of aromatic nitrogens is 3. The van der Waals surface area contributed by atoms with Gasteiger partial charge in [-0.15, -0.1) is 10.2 Å². The van der Waals surface area contributed by atoms with Crippen LogP contribution in [-0.4, -0.2) is 38.4 Å². The van der Waals surface area contributed by atoms with Crippen LogP contribution in [0, 0.1) is 0 Å². The van der Waals surface area contributed by atoms with Crippen LogP contribution in [0.2, 0.25) is 0 Å². The fourth-order valence-corrected chi connectivity index (χ4v) is 2.05. The summed E-state index contributed by atoms with van der Waals surface area (Å²) in [6.45, 7) is 4.09. The van der Waals surface area contributed by atoms with Gasteiger partial charge in [-0.3, -0.25) is 4.79 Å². The number of benzene rings is 1. The highest BCUT2D eigenvalue weighted by molar-refractivity contribution is 5.93. The molecule has 0 aliphatic heterocycles. The highest BCUT2D eigenvalue weighted by atomic mass is 16.4. The number of carboxylic acid groups (broad SMARTS) is 1. The van der Waals surface area contributed by atoms with Crippen molar-refractivity contribution in [1.29, 1.82) is 0 Å². The molecule has 2 aromatic rings. The fraction of sp³-hybridized carbons (Fsp3) is 0.333. The summed E-state index contributed by atoms with van der Waals surface area (Å²) in [5.41, 5.74) is 1.32. The Bertz CT molecular complexity index is 696. The van der Waals surface area contributed by atoms with E-state index >= 15 is 0 Å². The lowest BCUT2D eigenvalue weighted by Crippen LogP contribution is -2.30. The van der Waals surface area contributed by atoms with Crippen LogP contribution in [0.5, 0.6) is 0 Å². The largest absolute Gasteiger partial charge is 0.481 e. The molecular weight excluding hydrogens is 298 g/mol. The van der Waals surface area contributed by atoms with Gasteiger partial charge >= 0.3 is 12.0 Å². The van der Waals surface area contributed by atoms with Gasteiger partial charge in [0.05, 0.1) is 12.1 Å². The summed E-state index contributed by atoms with van der Waals surface area (Å²) < 4.78 is 1.91. The molecule has 0 bridgehead atoms. The predicted octanol–water partition coefficient (Wildman–Crippen LogP) is 2.12. The van der Waals surface area contributed by atoms with E-state index in [9.17, 15) is 9.59 Å². The van der Waals surface area contributed by atoms with Gasteiger partial charge in [0, 0.05) is 18.2 Å². The topological polar surface area (TPSA) is 109 Å². The second-order valence-electron chi connectivity index (χ2n) is 5.23. The van der Waals surface area contributed by atoms with Gasteiger partial charge in [0.1, 0.15) is 6.33 Å². The van der Waals surface area contributed by atoms with Crippen molar-refractivity contribution in [3.05, 3.63) is 30.6 Å². The smallest absolute Gasteiger partial charge is 0.319 e. The Labute approximate surface area is 133 Å². The van der Waals surface area contributed by atoms with Crippen LogP contribution in [0.4, 0.5) is 10.5 Å². The maximum Gasteiger partial charge on any atom is 0.319 e. The van der Waals surface area contributed by atoms with Crippen LogP contribution in [0.15, 0.2) is 30.6 Å². The van der Waals surface area contributed by atoms with Crippen molar-refractivity contribution < 1.29 is 14.7 Å². The molecule has 122 valence electrons. The summed E-state index contributed by atoms with van der Waals surface area (Å²) in [4.78, 5) is 22.3. The van der Waals surface area contributed by atoms with E-state index in [-0.39, 0.29) is 19.0 Å². The predicted molar refractivity (Wildman–Crippen MR) is 85.1 cm³/mol. The molecule has 1 heterocycles. The molecule has 0 saturated heterocycles. The molecule has 0 aliphatic carbocycles. The highest BCUT2D eigenvalue weighted by Gasteiger charge is 2.14. The number of rotatable bonds is 6. The van der Waals surface area contributed by atoms with Gasteiger partial charge < -0.3 is 20.3 Å². The summed E-state index contributed by atoms with van der Waals surface area (Å²) >= 11 is 0. The molecule has 3 N–H and O–H groups in total. The Balaban J connectivity index is 2.16. The molecule has 0 saturated carbocycles. The van der Waals surface area contributed by atoms with E-state index in [2.05, 4.69) is 20.8 Å². The van der Waals surface area contributed by atoms with Crippen molar-refractivity contribution in [2.24, 2.45) is 0 Å². The van der Waals surface area contributed by atoms with E-state index in [4.69, 9.17) is 5.11 Å². The summed E-state index contributed by atoms with van der Waals surface area (Å²) in [7, 11) is 0. The third-order valence-corrected chi connectivity index (χ3v) is 3.17. The van der Waals surface area contributed by atoms with Gasteiger partial charge in [-0.1, -0.05) is 12.1 Å². The summed E-state index contributed by atoms with van der Waals surface area (Å²) in [5.74, 6) is -0.308. The average Bonchev–Trinajstić information content (AvgIpc) is 2.97. The molecule has 8 heteroatoms. The van der Waals surface area contributed by atoms with E-state index in [1.807, 2.05) is 30.5 Å². The normalized spacial score (nSPS) is 10.6. The second-order valence-corrected chi connectivity index (χ2v) is 5.23. The third-order valence-electron chi connectivity index (χ3n) is 3.17. The molecule has 2 amide bonds. The van der Waals surface area contributed by atoms with Gasteiger partial charge in [-0.25, -0.2) is 4.79 Å². The van der Waals surface area contributed by atoms with Crippen molar-refractivity contribution in [3.63, 3.8) is 0 Å². The first-order valence-electron chi connectivity index (χ1n) is 7.24. The van der Waals surface area contributed by atoms with Crippen molar-refractivity contribution >= 4 is 17.7 Å². The minimum atomic E-state index is -0.962. The van der Waals surface area contributed by atoms with Crippen LogP contribution in [0.3, 0.4) is 0 Å². The number of carbonyl (C=O) groups is 2. The van der Waals surface area contributed by atoms with E-state index in [0.717, 1.165) is 5.56 Å². The number of nitrogens with zero attached hydrogens (tertiary/aromatic N) is 3. The Morgan fingerprint density at radius 1 is 1.30 bits per heavy atom. The molecular formula is C15H19N5O3. The number of urea groups is 1. The maximum atomic E-state index is 11.9. The molecule has 0 atom stereocenters. The maximum absolute atomic E-state index is 11.9. The zero-order valence-electron chi connectivity index (χ0n) is 13.0. The van der Waals surface area contributed by atoms with Gasteiger partial charge in [-0.05, 0) is 26.0 Å². The number of aliphatic carboxylic acids is 1. The Morgan fingerprint density at radius 3 is 2.74 bits per heavy atom. The molecule has 0 fully saturated rings. The van der Waals surface area contributed by atoms with Crippen molar-refractivity contribution in [3.8, 4) is 11.4 Å². The number of amides is 2. The quantitative estimate of drug-likeness (QED) is 0.756. The van der Waals surface area contributed by atoms with Gasteiger partial charge in [-0.2, -0.15) is 0 Å². The lowest BCUT2D eigenvalue weighted by atomic mass is 10.1. The Kier molecular flexibility index (Phi) is 5.29. The number of hydrogen-bond acceptors (Lipinski definition) is 4. The molecule has 0 radical (unpaired) electrons. The van der Waals surface area contributed by atoms with E-state index in [0.29, 0.717) is 11.5 Å². The molecule has 2 rings (SSSR count). The number of para-hydroxylation sites is 1. The molecule has 0 aliphatic rings. The molecule has 23 heavy (non-hydrogen) atoms. The number of carboxylic acids is 1. The van der Waals surface area contributed by atoms with E-state index in [1.165, 1.54) is 0 Å². The first-order valence-corrected chi connectivity index (χ1v) is 7.24. The summed E-state index contributed by atoms with van der Waals surface area (Å²) in [6, 6.07) is 6.96. The number of hydrogen-bond donors (Lipinski definition) is 3. The summed E-state index contributed by atoms with van der Waals surface area (Å²) in [5, 5.41) is 21.8. The zero-order valence-corrected chi connectivity index (χ0v) is 13.0. The lowest BCUT2D eigenvalue weighted by molar-refractivity contribution is -0.136. The minimum absolute atomic E-state index is 0.0610. The van der Waals surface area contributed by atoms with Crippen molar-refractivity contribution in [2.45, 2.75) is 26.3 Å². The number of nitrogens with one attached hydrogen (secondary N) is 2. The van der Waals surface area contributed by atoms with Gasteiger partial charge in [0.2, 0.25) is 0 Å². The number of anilines is 1. The van der Waals surface area contributed by atoms with E-state index in [1.54, 1.807) is 18.5 Å². The van der Waals surface area contributed by atoms with Crippen LogP contribution in [-0.2, 0) is 4.79 Å². The molecule has 0 spiro atoms.